The van der Waals surface area contributed by atoms with Crippen molar-refractivity contribution in [2.45, 2.75) is 11.3 Å². The zero-order chi connectivity index (χ0) is 21.3. The molecular formula is C24H19NO5. The second-order valence-electron chi connectivity index (χ2n) is 7.22. The van der Waals surface area contributed by atoms with Crippen LogP contribution in [0.15, 0.2) is 78.9 Å². The normalized spacial score (nSPS) is 15.5. The van der Waals surface area contributed by atoms with E-state index >= 15 is 0 Å². The first-order valence-electron chi connectivity index (χ1n) is 9.50. The van der Waals surface area contributed by atoms with Gasteiger partial charge in [0.25, 0.3) is 0 Å². The van der Waals surface area contributed by atoms with Crippen molar-refractivity contribution < 1.29 is 19.2 Å². The average Bonchev–Trinajstić information content (AvgIpc) is 3.01. The monoisotopic (exact) mass is 401 g/mol. The van der Waals surface area contributed by atoms with Gasteiger partial charge in [0.2, 0.25) is 6.54 Å². The van der Waals surface area contributed by atoms with E-state index in [0.29, 0.717) is 28.0 Å². The van der Waals surface area contributed by atoms with Crippen LogP contribution in [0.25, 0.3) is 0 Å². The smallest absolute Gasteiger partial charge is 0.212 e. The Balaban J connectivity index is 2.00. The van der Waals surface area contributed by atoms with Gasteiger partial charge in [0.05, 0.1) is 13.0 Å². The fourth-order valence-electron chi connectivity index (χ4n) is 4.37. The minimum atomic E-state index is -1.70. The van der Waals surface area contributed by atoms with Crippen LogP contribution >= 0.6 is 0 Å². The Morgan fingerprint density at radius 2 is 1.40 bits per heavy atom. The number of benzene rings is 3. The largest absolute Gasteiger partial charge is 0.497 e. The maximum Gasteiger partial charge on any atom is 0.212 e. The molecule has 30 heavy (non-hydrogen) atoms. The molecule has 6 heteroatoms. The lowest BCUT2D eigenvalue weighted by atomic mass is 9.64. The molecule has 1 aliphatic carbocycles. The third kappa shape index (κ3) is 2.88. The van der Waals surface area contributed by atoms with Gasteiger partial charge in [-0.1, -0.05) is 66.7 Å². The van der Waals surface area contributed by atoms with Crippen molar-refractivity contribution in [2.24, 2.45) is 0 Å². The fraction of sp³-hybridized carbons (Fsp3) is 0.167. The highest BCUT2D eigenvalue weighted by molar-refractivity contribution is 6.33. The van der Waals surface area contributed by atoms with Crippen molar-refractivity contribution in [1.82, 2.24) is 0 Å². The predicted octanol–water partition coefficient (Wildman–Crippen LogP) is 4.07. The lowest BCUT2D eigenvalue weighted by Gasteiger charge is -2.33. The van der Waals surface area contributed by atoms with Crippen LogP contribution in [0.2, 0.25) is 0 Å². The minimum absolute atomic E-state index is 0.299. The highest BCUT2D eigenvalue weighted by atomic mass is 16.6. The van der Waals surface area contributed by atoms with Gasteiger partial charge in [0, 0.05) is 16.1 Å². The van der Waals surface area contributed by atoms with Gasteiger partial charge < -0.3 is 4.74 Å². The molecule has 0 unspecified atom stereocenters. The summed E-state index contributed by atoms with van der Waals surface area (Å²) < 4.78 is 5.19. The van der Waals surface area contributed by atoms with Gasteiger partial charge in [0.15, 0.2) is 11.6 Å². The first kappa shape index (κ1) is 19.5. The summed E-state index contributed by atoms with van der Waals surface area (Å²) >= 11 is 0. The number of hydrogen-bond acceptors (Lipinski definition) is 5. The van der Waals surface area contributed by atoms with Crippen LogP contribution in [0.3, 0.4) is 0 Å². The minimum Gasteiger partial charge on any atom is -0.497 e. The summed E-state index contributed by atoms with van der Waals surface area (Å²) in [4.78, 5) is 38.8. The quantitative estimate of drug-likeness (QED) is 0.353. The number of rotatable bonds is 6. The summed E-state index contributed by atoms with van der Waals surface area (Å²) in [6, 6.07) is 22.0. The van der Waals surface area contributed by atoms with E-state index in [1.165, 1.54) is 7.11 Å². The van der Waals surface area contributed by atoms with Crippen molar-refractivity contribution in [1.29, 1.82) is 0 Å². The molecule has 0 saturated carbocycles. The molecule has 1 aliphatic rings. The second-order valence-corrected chi connectivity index (χ2v) is 7.22. The first-order valence-corrected chi connectivity index (χ1v) is 9.50. The number of nitrogens with zero attached hydrogens (tertiary/aromatic N) is 1. The molecular weight excluding hydrogens is 382 g/mol. The highest BCUT2D eigenvalue weighted by Gasteiger charge is 2.60. The molecule has 3 aromatic rings. The molecule has 0 aliphatic heterocycles. The van der Waals surface area contributed by atoms with Crippen LogP contribution < -0.4 is 4.74 Å². The summed E-state index contributed by atoms with van der Waals surface area (Å²) in [6.45, 7) is -0.563. The molecule has 0 bridgehead atoms. The summed E-state index contributed by atoms with van der Waals surface area (Å²) in [6.07, 6.45) is 0. The van der Waals surface area contributed by atoms with Crippen molar-refractivity contribution in [3.8, 4) is 5.75 Å². The Labute approximate surface area is 173 Å². The van der Waals surface area contributed by atoms with Gasteiger partial charge >= 0.3 is 0 Å². The number of ether oxygens (including phenoxy) is 1. The molecule has 0 fully saturated rings. The van der Waals surface area contributed by atoms with Crippen molar-refractivity contribution in [3.05, 3.63) is 111 Å². The second kappa shape index (κ2) is 7.55. The van der Waals surface area contributed by atoms with Gasteiger partial charge in [0.1, 0.15) is 11.2 Å². The number of hydrogen-bond donors (Lipinski definition) is 0. The molecule has 0 aromatic heterocycles. The van der Waals surface area contributed by atoms with Gasteiger partial charge in [-0.25, -0.2) is 0 Å². The lowest BCUT2D eigenvalue weighted by molar-refractivity contribution is -0.484. The van der Waals surface area contributed by atoms with E-state index in [0.717, 1.165) is 0 Å². The number of fused-ring (bicyclic) bond motifs is 1. The molecule has 0 saturated heterocycles. The SMILES string of the molecule is COc1ccc([C@@H](C[N+](=O)[O-])C2(c3ccccc3)C(=O)c3ccccc3C2=O)cc1. The van der Waals surface area contributed by atoms with Gasteiger partial charge in [-0.2, -0.15) is 0 Å². The highest BCUT2D eigenvalue weighted by Crippen LogP contribution is 2.49. The number of methoxy groups -OCH3 is 1. The third-order valence-corrected chi connectivity index (χ3v) is 5.73. The number of ketones is 2. The predicted molar refractivity (Wildman–Crippen MR) is 111 cm³/mol. The van der Waals surface area contributed by atoms with E-state index in [-0.39, 0.29) is 0 Å². The van der Waals surface area contributed by atoms with E-state index in [1.54, 1.807) is 78.9 Å². The molecule has 0 amide bonds. The fourth-order valence-corrected chi connectivity index (χ4v) is 4.37. The summed E-state index contributed by atoms with van der Waals surface area (Å²) in [7, 11) is 1.52. The van der Waals surface area contributed by atoms with Crippen LogP contribution in [-0.4, -0.2) is 30.1 Å². The van der Waals surface area contributed by atoms with Crippen LogP contribution in [-0.2, 0) is 5.41 Å². The van der Waals surface area contributed by atoms with Gasteiger partial charge in [-0.15, -0.1) is 0 Å². The molecule has 1 atom stereocenters. The average molecular weight is 401 g/mol. The topological polar surface area (TPSA) is 86.5 Å². The van der Waals surface area contributed by atoms with E-state index in [1.807, 2.05) is 0 Å². The van der Waals surface area contributed by atoms with Crippen LogP contribution in [0, 0.1) is 10.1 Å². The van der Waals surface area contributed by atoms with Crippen molar-refractivity contribution in [3.63, 3.8) is 0 Å². The van der Waals surface area contributed by atoms with E-state index in [9.17, 15) is 19.7 Å². The Kier molecular flexibility index (Phi) is 4.91. The number of carbonyl (C=O) groups is 2. The number of Topliss-reactive ketones (excluding diaryl/α,β-unsaturated/α-hetero) is 2. The molecule has 0 N–H and O–H groups in total. The maximum atomic E-state index is 13.8. The molecule has 0 heterocycles. The zero-order valence-corrected chi connectivity index (χ0v) is 16.3. The standard InChI is InChI=1S/C24H19NO5/c1-30-18-13-11-16(12-14-18)21(15-25(28)29)24(17-7-3-2-4-8-17)22(26)19-9-5-6-10-20(19)23(24)27/h2-14,21H,15H2,1H3/t21-/m1/s1. The molecule has 3 aromatic carbocycles. The molecule has 4 rings (SSSR count). The molecule has 0 radical (unpaired) electrons. The van der Waals surface area contributed by atoms with E-state index in [4.69, 9.17) is 4.74 Å². The summed E-state index contributed by atoms with van der Waals surface area (Å²) in [5.41, 5.74) is -0.113. The Hall–Kier alpha value is -3.80. The number of nitro groups is 1. The Bertz CT molecular complexity index is 1090. The third-order valence-electron chi connectivity index (χ3n) is 5.73. The van der Waals surface area contributed by atoms with Crippen LogP contribution in [0.5, 0.6) is 5.75 Å². The Morgan fingerprint density at radius 1 is 0.867 bits per heavy atom. The summed E-state index contributed by atoms with van der Waals surface area (Å²) in [5.74, 6) is -1.21. The van der Waals surface area contributed by atoms with E-state index in [2.05, 4.69) is 0 Å². The van der Waals surface area contributed by atoms with Crippen LogP contribution in [0.4, 0.5) is 0 Å². The summed E-state index contributed by atoms with van der Waals surface area (Å²) in [5, 5.41) is 11.7. The number of carbonyl (C=O) groups excluding carboxylic acids is 2. The first-order chi connectivity index (χ1) is 14.5. The Morgan fingerprint density at radius 3 is 1.90 bits per heavy atom. The lowest BCUT2D eigenvalue weighted by Crippen LogP contribution is -2.46. The molecule has 0 spiro atoms. The van der Waals surface area contributed by atoms with Crippen molar-refractivity contribution in [2.75, 3.05) is 13.7 Å². The van der Waals surface area contributed by atoms with E-state index < -0.39 is 34.4 Å². The molecule has 6 nitrogen and oxygen atoms in total. The van der Waals surface area contributed by atoms with Gasteiger partial charge in [-0.3, -0.25) is 19.7 Å². The molecule has 150 valence electrons. The van der Waals surface area contributed by atoms with Gasteiger partial charge in [-0.05, 0) is 23.3 Å². The maximum absolute atomic E-state index is 13.8. The van der Waals surface area contributed by atoms with Crippen LogP contribution in [0.1, 0.15) is 37.8 Å². The zero-order valence-electron chi connectivity index (χ0n) is 16.3. The van der Waals surface area contributed by atoms with Crippen molar-refractivity contribution >= 4 is 11.6 Å².